The van der Waals surface area contributed by atoms with Crippen molar-refractivity contribution in [1.29, 1.82) is 0 Å². The van der Waals surface area contributed by atoms with Gasteiger partial charge >= 0.3 is 0 Å². The first-order valence-corrected chi connectivity index (χ1v) is 4.93. The van der Waals surface area contributed by atoms with Crippen molar-refractivity contribution in [3.8, 4) is 5.75 Å². The van der Waals surface area contributed by atoms with Gasteiger partial charge in [-0.05, 0) is 24.6 Å². The largest absolute Gasteiger partial charge is 0.496 e. The van der Waals surface area contributed by atoms with Gasteiger partial charge in [0.05, 0.1) is 13.2 Å². The van der Waals surface area contributed by atoms with Crippen LogP contribution in [0.2, 0.25) is 0 Å². The summed E-state index contributed by atoms with van der Waals surface area (Å²) >= 11 is 3.36. The third-order valence-corrected chi connectivity index (χ3v) is 2.26. The summed E-state index contributed by atoms with van der Waals surface area (Å²) < 4.78 is 6.17. The molecule has 0 aliphatic carbocycles. The number of aliphatic hydroxyl groups is 1. The minimum atomic E-state index is -0.338. The highest BCUT2D eigenvalue weighted by Gasteiger charge is 2.05. The summed E-state index contributed by atoms with van der Waals surface area (Å²) in [7, 11) is 1.63. The average molecular weight is 245 g/mol. The van der Waals surface area contributed by atoms with Crippen molar-refractivity contribution in [2.24, 2.45) is 0 Å². The zero-order valence-electron chi connectivity index (χ0n) is 7.75. The molecule has 0 radical (unpaired) electrons. The van der Waals surface area contributed by atoms with E-state index in [1.165, 1.54) is 0 Å². The van der Waals surface area contributed by atoms with E-state index in [9.17, 15) is 5.11 Å². The Balaban J connectivity index is 2.92. The summed E-state index contributed by atoms with van der Waals surface area (Å²) in [5.74, 6) is 0.815. The third-order valence-electron chi connectivity index (χ3n) is 1.76. The second-order valence-corrected chi connectivity index (χ2v) is 3.92. The summed E-state index contributed by atoms with van der Waals surface area (Å²) in [4.78, 5) is 0. The molecule has 1 aromatic carbocycles. The van der Waals surface area contributed by atoms with Crippen molar-refractivity contribution < 1.29 is 9.84 Å². The van der Waals surface area contributed by atoms with Gasteiger partial charge in [-0.2, -0.15) is 0 Å². The summed E-state index contributed by atoms with van der Waals surface area (Å²) in [5.41, 5.74) is 1.03. The topological polar surface area (TPSA) is 29.5 Å². The average Bonchev–Trinajstić information content (AvgIpc) is 2.07. The number of hydrogen-bond donors (Lipinski definition) is 1. The molecule has 1 atom stereocenters. The molecule has 0 heterocycles. The normalized spacial score (nSPS) is 12.6. The van der Waals surface area contributed by atoms with Crippen LogP contribution < -0.4 is 4.74 Å². The maximum absolute atomic E-state index is 9.23. The SMILES string of the molecule is COc1cc(Br)ccc1CC(C)O. The second-order valence-electron chi connectivity index (χ2n) is 3.01. The quantitative estimate of drug-likeness (QED) is 0.885. The Morgan fingerprint density at radius 3 is 2.77 bits per heavy atom. The van der Waals surface area contributed by atoms with Gasteiger partial charge in [0.25, 0.3) is 0 Å². The van der Waals surface area contributed by atoms with E-state index in [-0.39, 0.29) is 6.10 Å². The highest BCUT2D eigenvalue weighted by atomic mass is 79.9. The number of benzene rings is 1. The maximum Gasteiger partial charge on any atom is 0.123 e. The first kappa shape index (κ1) is 10.5. The fourth-order valence-corrected chi connectivity index (χ4v) is 1.55. The Kier molecular flexibility index (Phi) is 3.75. The molecule has 1 rings (SSSR count). The smallest absolute Gasteiger partial charge is 0.123 e. The third kappa shape index (κ3) is 3.01. The van der Waals surface area contributed by atoms with Gasteiger partial charge in [-0.25, -0.2) is 0 Å². The van der Waals surface area contributed by atoms with Gasteiger partial charge in [0, 0.05) is 10.9 Å². The lowest BCUT2D eigenvalue weighted by molar-refractivity contribution is 0.194. The van der Waals surface area contributed by atoms with Crippen LogP contribution in [0.1, 0.15) is 12.5 Å². The Morgan fingerprint density at radius 1 is 1.54 bits per heavy atom. The van der Waals surface area contributed by atoms with Gasteiger partial charge in [-0.3, -0.25) is 0 Å². The van der Waals surface area contributed by atoms with Gasteiger partial charge < -0.3 is 9.84 Å². The van der Waals surface area contributed by atoms with Crippen LogP contribution in [0, 0.1) is 0 Å². The first-order chi connectivity index (χ1) is 6.13. The number of ether oxygens (including phenoxy) is 1. The van der Waals surface area contributed by atoms with E-state index in [2.05, 4.69) is 15.9 Å². The van der Waals surface area contributed by atoms with Crippen LogP contribution in [0.3, 0.4) is 0 Å². The van der Waals surface area contributed by atoms with Crippen molar-refractivity contribution in [3.05, 3.63) is 28.2 Å². The molecule has 0 spiro atoms. The van der Waals surface area contributed by atoms with E-state index in [0.717, 1.165) is 15.8 Å². The molecule has 2 nitrogen and oxygen atoms in total. The molecule has 0 aliphatic heterocycles. The van der Waals surface area contributed by atoms with Crippen LogP contribution >= 0.6 is 15.9 Å². The standard InChI is InChI=1S/C10H13BrO2/c1-7(12)5-8-3-4-9(11)6-10(8)13-2/h3-4,6-7,12H,5H2,1-2H3. The highest BCUT2D eigenvalue weighted by molar-refractivity contribution is 9.10. The number of methoxy groups -OCH3 is 1. The van der Waals surface area contributed by atoms with Crippen molar-refractivity contribution >= 4 is 15.9 Å². The molecule has 0 saturated carbocycles. The molecule has 0 amide bonds. The van der Waals surface area contributed by atoms with Crippen LogP contribution in [0.15, 0.2) is 22.7 Å². The van der Waals surface area contributed by atoms with Crippen LogP contribution in [0.5, 0.6) is 5.75 Å². The summed E-state index contributed by atoms with van der Waals surface area (Å²) in [6.45, 7) is 1.77. The molecule has 0 aromatic heterocycles. The van der Waals surface area contributed by atoms with Crippen molar-refractivity contribution in [3.63, 3.8) is 0 Å². The molecule has 13 heavy (non-hydrogen) atoms. The van der Waals surface area contributed by atoms with E-state index in [1.54, 1.807) is 14.0 Å². The second kappa shape index (κ2) is 4.63. The summed E-state index contributed by atoms with van der Waals surface area (Å²) in [5, 5.41) is 9.23. The van der Waals surface area contributed by atoms with Gasteiger partial charge in [-0.15, -0.1) is 0 Å². The Bertz CT molecular complexity index is 284. The molecule has 72 valence electrons. The maximum atomic E-state index is 9.23. The number of aliphatic hydroxyl groups excluding tert-OH is 1. The van der Waals surface area contributed by atoms with Crippen molar-refractivity contribution in [2.45, 2.75) is 19.4 Å². The fraction of sp³-hybridized carbons (Fsp3) is 0.400. The van der Waals surface area contributed by atoms with Crippen molar-refractivity contribution in [2.75, 3.05) is 7.11 Å². The summed E-state index contributed by atoms with van der Waals surface area (Å²) in [6.07, 6.45) is 0.284. The fourth-order valence-electron chi connectivity index (χ4n) is 1.21. The molecule has 1 N–H and O–H groups in total. The predicted octanol–water partition coefficient (Wildman–Crippen LogP) is 2.38. The lowest BCUT2D eigenvalue weighted by Crippen LogP contribution is -2.05. The van der Waals surface area contributed by atoms with Crippen LogP contribution in [0.25, 0.3) is 0 Å². The minimum Gasteiger partial charge on any atom is -0.496 e. The zero-order valence-corrected chi connectivity index (χ0v) is 9.34. The lowest BCUT2D eigenvalue weighted by atomic mass is 10.1. The lowest BCUT2D eigenvalue weighted by Gasteiger charge is -2.10. The van der Waals surface area contributed by atoms with Crippen molar-refractivity contribution in [1.82, 2.24) is 0 Å². The molecule has 1 unspecified atom stereocenters. The molecular formula is C10H13BrO2. The first-order valence-electron chi connectivity index (χ1n) is 4.14. The number of halogens is 1. The molecule has 1 aromatic rings. The molecule has 3 heteroatoms. The van der Waals surface area contributed by atoms with E-state index >= 15 is 0 Å². The summed E-state index contributed by atoms with van der Waals surface area (Å²) in [6, 6.07) is 5.80. The molecule has 0 bridgehead atoms. The van der Waals surface area contributed by atoms with Gasteiger partial charge in [0.2, 0.25) is 0 Å². The Morgan fingerprint density at radius 2 is 2.23 bits per heavy atom. The Hall–Kier alpha value is -0.540. The van der Waals surface area contributed by atoms with E-state index < -0.39 is 0 Å². The zero-order chi connectivity index (χ0) is 9.84. The molecule has 0 aliphatic rings. The van der Waals surface area contributed by atoms with Crippen LogP contribution in [-0.4, -0.2) is 18.3 Å². The molecule has 0 saturated heterocycles. The van der Waals surface area contributed by atoms with Gasteiger partial charge in [-0.1, -0.05) is 22.0 Å². The van der Waals surface area contributed by atoms with E-state index in [0.29, 0.717) is 6.42 Å². The molecule has 0 fully saturated rings. The number of rotatable bonds is 3. The van der Waals surface area contributed by atoms with E-state index in [4.69, 9.17) is 4.74 Å². The minimum absolute atomic E-state index is 0.338. The van der Waals surface area contributed by atoms with Gasteiger partial charge in [0.1, 0.15) is 5.75 Å². The van der Waals surface area contributed by atoms with E-state index in [1.807, 2.05) is 18.2 Å². The monoisotopic (exact) mass is 244 g/mol. The Labute approximate surface area is 86.7 Å². The van der Waals surface area contributed by atoms with Crippen LogP contribution in [-0.2, 0) is 6.42 Å². The van der Waals surface area contributed by atoms with Gasteiger partial charge in [0.15, 0.2) is 0 Å². The van der Waals surface area contributed by atoms with Crippen LogP contribution in [0.4, 0.5) is 0 Å². The molecular weight excluding hydrogens is 232 g/mol. The predicted molar refractivity (Wildman–Crippen MR) is 56.1 cm³/mol. The highest BCUT2D eigenvalue weighted by Crippen LogP contribution is 2.24. The number of hydrogen-bond acceptors (Lipinski definition) is 2.